The van der Waals surface area contributed by atoms with E-state index < -0.39 is 0 Å². The van der Waals surface area contributed by atoms with Gasteiger partial charge in [0, 0.05) is 6.04 Å². The van der Waals surface area contributed by atoms with Gasteiger partial charge in [0.25, 0.3) is 0 Å². The van der Waals surface area contributed by atoms with E-state index in [1.807, 2.05) is 0 Å². The van der Waals surface area contributed by atoms with Crippen LogP contribution in [0, 0.1) is 5.41 Å². The van der Waals surface area contributed by atoms with Crippen molar-refractivity contribution in [2.24, 2.45) is 16.1 Å². The van der Waals surface area contributed by atoms with Crippen LogP contribution in [0.5, 0.6) is 0 Å². The molecule has 1 aliphatic carbocycles. The van der Waals surface area contributed by atoms with E-state index in [2.05, 4.69) is 54.9 Å². The fourth-order valence-electron chi connectivity index (χ4n) is 3.84. The Morgan fingerprint density at radius 2 is 2.11 bits per heavy atom. The molecule has 2 atom stereocenters. The maximum absolute atomic E-state index is 6.06. The van der Waals surface area contributed by atoms with E-state index in [0.717, 1.165) is 25.3 Å². The van der Waals surface area contributed by atoms with Crippen molar-refractivity contribution in [2.45, 2.75) is 45.7 Å². The van der Waals surface area contributed by atoms with Crippen LogP contribution in [0.4, 0.5) is 0 Å². The molecule has 3 nitrogen and oxygen atoms in total. The van der Waals surface area contributed by atoms with Gasteiger partial charge in [-0.1, -0.05) is 45.0 Å². The van der Waals surface area contributed by atoms with E-state index in [0.29, 0.717) is 12.1 Å². The molecule has 2 aliphatic rings. The Labute approximate surface area is 115 Å². The molecule has 2 N–H and O–H groups in total. The number of fused-ring (bicyclic) bond motifs is 1. The van der Waals surface area contributed by atoms with Crippen molar-refractivity contribution in [3.8, 4) is 0 Å². The molecule has 0 amide bonds. The first-order valence-electron chi connectivity index (χ1n) is 7.18. The molecule has 3 heteroatoms. The highest BCUT2D eigenvalue weighted by Gasteiger charge is 2.45. The first kappa shape index (κ1) is 12.7. The normalized spacial score (nSPS) is 29.3. The second-order valence-electron chi connectivity index (χ2n) is 6.43. The maximum Gasteiger partial charge on any atom is 0.113 e. The molecule has 0 saturated heterocycles. The fourth-order valence-corrected chi connectivity index (χ4v) is 3.84. The molecule has 0 aromatic heterocycles. The predicted octanol–water partition coefficient (Wildman–Crippen LogP) is 2.72. The van der Waals surface area contributed by atoms with Crippen LogP contribution in [0.25, 0.3) is 0 Å². The third-order valence-electron chi connectivity index (χ3n) is 4.61. The molecule has 19 heavy (non-hydrogen) atoms. The van der Waals surface area contributed by atoms with Crippen molar-refractivity contribution in [3.63, 3.8) is 0 Å². The molecule has 2 unspecified atom stereocenters. The molecule has 0 bridgehead atoms. The summed E-state index contributed by atoms with van der Waals surface area (Å²) in [4.78, 5) is 6.96. The molecule has 0 spiro atoms. The summed E-state index contributed by atoms with van der Waals surface area (Å²) < 4.78 is 0. The van der Waals surface area contributed by atoms with Gasteiger partial charge in [0.1, 0.15) is 5.84 Å². The van der Waals surface area contributed by atoms with Crippen LogP contribution in [-0.2, 0) is 6.42 Å². The number of hydrogen-bond acceptors (Lipinski definition) is 3. The number of amidine groups is 1. The molecule has 1 aromatic rings. The van der Waals surface area contributed by atoms with Gasteiger partial charge in [-0.3, -0.25) is 9.89 Å². The third-order valence-corrected chi connectivity index (χ3v) is 4.61. The lowest BCUT2D eigenvalue weighted by atomic mass is 9.83. The Morgan fingerprint density at radius 1 is 1.37 bits per heavy atom. The highest BCUT2D eigenvalue weighted by atomic mass is 15.3. The van der Waals surface area contributed by atoms with Gasteiger partial charge in [0.05, 0.1) is 12.7 Å². The lowest BCUT2D eigenvalue weighted by Gasteiger charge is -2.38. The predicted molar refractivity (Wildman–Crippen MR) is 79.1 cm³/mol. The molecule has 102 valence electrons. The van der Waals surface area contributed by atoms with Crippen molar-refractivity contribution < 1.29 is 0 Å². The van der Waals surface area contributed by atoms with Gasteiger partial charge in [0.2, 0.25) is 0 Å². The number of nitrogens with zero attached hydrogens (tertiary/aromatic N) is 2. The van der Waals surface area contributed by atoms with Gasteiger partial charge < -0.3 is 5.73 Å². The lowest BCUT2D eigenvalue weighted by Crippen LogP contribution is -2.44. The van der Waals surface area contributed by atoms with Gasteiger partial charge in [0.15, 0.2) is 0 Å². The van der Waals surface area contributed by atoms with Crippen LogP contribution in [0.1, 0.15) is 44.4 Å². The van der Waals surface area contributed by atoms with Crippen molar-refractivity contribution in [3.05, 3.63) is 35.4 Å². The van der Waals surface area contributed by atoms with E-state index in [1.54, 1.807) is 0 Å². The number of nitrogens with two attached hydrogens (primary N) is 1. The van der Waals surface area contributed by atoms with E-state index in [9.17, 15) is 0 Å². The fraction of sp³-hybridized carbons (Fsp3) is 0.562. The monoisotopic (exact) mass is 257 g/mol. The van der Waals surface area contributed by atoms with E-state index >= 15 is 0 Å². The number of rotatable bonds is 2. The summed E-state index contributed by atoms with van der Waals surface area (Å²) in [5, 5.41) is 0. The zero-order valence-electron chi connectivity index (χ0n) is 12.1. The first-order valence-corrected chi connectivity index (χ1v) is 7.18. The Hall–Kier alpha value is -1.35. The molecule has 3 rings (SSSR count). The van der Waals surface area contributed by atoms with Crippen molar-refractivity contribution in [1.82, 2.24) is 4.90 Å². The summed E-state index contributed by atoms with van der Waals surface area (Å²) in [7, 11) is 0. The van der Waals surface area contributed by atoms with Crippen LogP contribution in [-0.4, -0.2) is 23.4 Å². The van der Waals surface area contributed by atoms with E-state index in [4.69, 9.17) is 5.73 Å². The van der Waals surface area contributed by atoms with Crippen LogP contribution in [0.2, 0.25) is 0 Å². The molecule has 1 aromatic carbocycles. The van der Waals surface area contributed by atoms with Crippen LogP contribution in [0.15, 0.2) is 29.3 Å². The van der Waals surface area contributed by atoms with Gasteiger partial charge in [-0.15, -0.1) is 0 Å². The third kappa shape index (κ3) is 1.88. The summed E-state index contributed by atoms with van der Waals surface area (Å²) in [5.74, 6) is 0.808. The molecule has 1 heterocycles. The lowest BCUT2D eigenvalue weighted by molar-refractivity contribution is 0.0953. The highest BCUT2D eigenvalue weighted by Crippen LogP contribution is 2.49. The zero-order chi connectivity index (χ0) is 13.6. The molecule has 1 aliphatic heterocycles. The van der Waals surface area contributed by atoms with Gasteiger partial charge in [-0.05, 0) is 29.4 Å². The molecule has 0 saturated carbocycles. The maximum atomic E-state index is 6.06. The minimum Gasteiger partial charge on any atom is -0.386 e. The Morgan fingerprint density at radius 3 is 2.84 bits per heavy atom. The van der Waals surface area contributed by atoms with E-state index in [1.165, 1.54) is 11.1 Å². The van der Waals surface area contributed by atoms with Gasteiger partial charge in [-0.25, -0.2) is 0 Å². The summed E-state index contributed by atoms with van der Waals surface area (Å²) in [6, 6.07) is 9.56. The first-order chi connectivity index (χ1) is 9.04. The second kappa shape index (κ2) is 4.34. The second-order valence-corrected chi connectivity index (χ2v) is 6.43. The Kier molecular flexibility index (Phi) is 2.90. The molecule has 0 radical (unpaired) electrons. The summed E-state index contributed by atoms with van der Waals surface area (Å²) in [6.45, 7) is 7.66. The smallest absolute Gasteiger partial charge is 0.113 e. The quantitative estimate of drug-likeness (QED) is 0.885. The zero-order valence-corrected chi connectivity index (χ0v) is 12.1. The van der Waals surface area contributed by atoms with Crippen molar-refractivity contribution in [2.75, 3.05) is 6.67 Å². The minimum absolute atomic E-state index is 0.247. The van der Waals surface area contributed by atoms with Gasteiger partial charge >= 0.3 is 0 Å². The topological polar surface area (TPSA) is 41.6 Å². The summed E-state index contributed by atoms with van der Waals surface area (Å²) in [6.07, 6.45) is 2.17. The van der Waals surface area contributed by atoms with Crippen molar-refractivity contribution >= 4 is 5.84 Å². The summed E-state index contributed by atoms with van der Waals surface area (Å²) >= 11 is 0. The molecule has 0 fully saturated rings. The van der Waals surface area contributed by atoms with Gasteiger partial charge in [-0.2, -0.15) is 0 Å². The molecular formula is C16H23N3. The van der Waals surface area contributed by atoms with Crippen LogP contribution < -0.4 is 5.73 Å². The highest BCUT2D eigenvalue weighted by molar-refractivity contribution is 5.87. The number of benzene rings is 1. The summed E-state index contributed by atoms with van der Waals surface area (Å²) in [5.41, 5.74) is 9.26. The SMILES string of the molecule is CCC1C(N)=NCN1C1c2ccccc2CC1(C)C. The standard InChI is InChI=1S/C16H23N3/c1-4-13-15(17)18-10-19(13)14-12-8-6-5-7-11(12)9-16(14,2)3/h5-8,13-14H,4,9-10H2,1-3H3,(H2,17,18). The average Bonchev–Trinajstić information content (AvgIpc) is 2.84. The van der Waals surface area contributed by atoms with E-state index in [-0.39, 0.29) is 5.41 Å². The van der Waals surface area contributed by atoms with Crippen LogP contribution in [0.3, 0.4) is 0 Å². The largest absolute Gasteiger partial charge is 0.386 e. The Bertz CT molecular complexity index is 518. The minimum atomic E-state index is 0.247. The Balaban J connectivity index is 2.00. The van der Waals surface area contributed by atoms with Crippen molar-refractivity contribution in [1.29, 1.82) is 0 Å². The number of aliphatic imine (C=N–C) groups is 1. The number of hydrogen-bond donors (Lipinski definition) is 1. The molecular weight excluding hydrogens is 234 g/mol. The van der Waals surface area contributed by atoms with Crippen LogP contribution >= 0.6 is 0 Å². The average molecular weight is 257 g/mol.